The van der Waals surface area contributed by atoms with E-state index in [-0.39, 0.29) is 18.4 Å². The molecule has 7 nitrogen and oxygen atoms in total. The van der Waals surface area contributed by atoms with Crippen LogP contribution in [0.5, 0.6) is 5.75 Å². The minimum Gasteiger partial charge on any atom is -0.434 e. The maximum atomic E-state index is 12.2. The van der Waals surface area contributed by atoms with Crippen molar-refractivity contribution in [3.05, 3.63) is 59.7 Å². The highest BCUT2D eigenvalue weighted by Gasteiger charge is 2.09. The molecule has 0 spiro atoms. The Morgan fingerprint density at radius 1 is 1.00 bits per heavy atom. The van der Waals surface area contributed by atoms with Crippen LogP contribution in [0.15, 0.2) is 48.5 Å². The summed E-state index contributed by atoms with van der Waals surface area (Å²) in [5.41, 5.74) is 1.98. The van der Waals surface area contributed by atoms with Gasteiger partial charge >= 0.3 is 6.16 Å². The summed E-state index contributed by atoms with van der Waals surface area (Å²) in [6, 6.07) is 13.4. The molecule has 0 aliphatic rings. The van der Waals surface area contributed by atoms with Crippen molar-refractivity contribution in [2.75, 3.05) is 11.9 Å². The van der Waals surface area contributed by atoms with Crippen LogP contribution in [0.4, 0.5) is 10.5 Å². The maximum Gasteiger partial charge on any atom is 0.513 e. The van der Waals surface area contributed by atoms with E-state index in [1.165, 1.54) is 12.1 Å². The molecule has 0 heterocycles. The third-order valence-corrected chi connectivity index (χ3v) is 3.56. The first-order valence-electron chi connectivity index (χ1n) is 8.63. The van der Waals surface area contributed by atoms with Gasteiger partial charge in [0.05, 0.1) is 6.61 Å². The lowest BCUT2D eigenvalue weighted by Crippen LogP contribution is -2.22. The van der Waals surface area contributed by atoms with E-state index in [9.17, 15) is 14.4 Å². The number of hydrogen-bond acceptors (Lipinski definition) is 5. The minimum atomic E-state index is -0.787. The summed E-state index contributed by atoms with van der Waals surface area (Å²) in [6.45, 7) is 4.00. The van der Waals surface area contributed by atoms with Gasteiger partial charge in [-0.1, -0.05) is 19.1 Å². The molecule has 0 fully saturated rings. The van der Waals surface area contributed by atoms with Crippen molar-refractivity contribution in [3.63, 3.8) is 0 Å². The zero-order valence-corrected chi connectivity index (χ0v) is 15.3. The van der Waals surface area contributed by atoms with Gasteiger partial charge in [0.2, 0.25) is 5.91 Å². The fourth-order valence-electron chi connectivity index (χ4n) is 2.21. The number of amides is 2. The summed E-state index contributed by atoms with van der Waals surface area (Å²) < 4.78 is 9.63. The van der Waals surface area contributed by atoms with Crippen molar-refractivity contribution in [1.29, 1.82) is 0 Å². The molecular formula is C20H22N2O5. The van der Waals surface area contributed by atoms with Crippen molar-refractivity contribution in [2.24, 2.45) is 0 Å². The second-order valence-electron chi connectivity index (χ2n) is 5.59. The summed E-state index contributed by atoms with van der Waals surface area (Å²) in [6.07, 6.45) is -0.388. The third kappa shape index (κ3) is 6.47. The first kappa shape index (κ1) is 20.0. The van der Waals surface area contributed by atoms with E-state index < -0.39 is 6.16 Å². The zero-order chi connectivity index (χ0) is 19.6. The smallest absolute Gasteiger partial charge is 0.434 e. The molecule has 0 bridgehead atoms. The standard InChI is InChI=1S/C20H22N2O5/c1-3-18(23)22-16-7-5-6-14(12-16)13-21-19(24)15-8-10-17(11-9-15)27-20(25)26-4-2/h5-12H,3-4,13H2,1-2H3,(H,21,24)(H,22,23). The highest BCUT2D eigenvalue weighted by molar-refractivity contribution is 5.94. The van der Waals surface area contributed by atoms with E-state index >= 15 is 0 Å². The summed E-state index contributed by atoms with van der Waals surface area (Å²) in [5.74, 6) is -0.0358. The quantitative estimate of drug-likeness (QED) is 0.575. The summed E-state index contributed by atoms with van der Waals surface area (Å²) in [5, 5.41) is 5.58. The molecule has 0 aliphatic heterocycles. The Morgan fingerprint density at radius 2 is 1.74 bits per heavy atom. The number of benzene rings is 2. The highest BCUT2D eigenvalue weighted by atomic mass is 16.7. The summed E-state index contributed by atoms with van der Waals surface area (Å²) >= 11 is 0. The number of hydrogen-bond donors (Lipinski definition) is 2. The molecule has 27 heavy (non-hydrogen) atoms. The van der Waals surface area contributed by atoms with Gasteiger partial charge < -0.3 is 20.1 Å². The average Bonchev–Trinajstić information content (AvgIpc) is 2.67. The average molecular weight is 370 g/mol. The van der Waals surface area contributed by atoms with E-state index in [1.54, 1.807) is 32.0 Å². The lowest BCUT2D eigenvalue weighted by atomic mass is 10.1. The SMILES string of the molecule is CCOC(=O)Oc1ccc(C(=O)NCc2cccc(NC(=O)CC)c2)cc1. The minimum absolute atomic E-state index is 0.0682. The van der Waals surface area contributed by atoms with Crippen LogP contribution in [0.3, 0.4) is 0 Å². The van der Waals surface area contributed by atoms with Crippen LogP contribution in [0.25, 0.3) is 0 Å². The highest BCUT2D eigenvalue weighted by Crippen LogP contribution is 2.14. The Bertz CT molecular complexity index is 802. The molecule has 0 aromatic heterocycles. The molecule has 2 aromatic rings. The maximum absolute atomic E-state index is 12.2. The Balaban J connectivity index is 1.91. The van der Waals surface area contributed by atoms with Gasteiger partial charge in [-0.25, -0.2) is 4.79 Å². The van der Waals surface area contributed by atoms with E-state index in [1.807, 2.05) is 18.2 Å². The normalized spacial score (nSPS) is 10.0. The van der Waals surface area contributed by atoms with Gasteiger partial charge in [0, 0.05) is 24.2 Å². The van der Waals surface area contributed by atoms with Crippen molar-refractivity contribution in [3.8, 4) is 5.75 Å². The number of carbonyl (C=O) groups excluding carboxylic acids is 3. The summed E-state index contributed by atoms with van der Waals surface area (Å²) in [4.78, 5) is 35.0. The number of rotatable bonds is 7. The van der Waals surface area contributed by atoms with E-state index in [0.29, 0.717) is 30.0 Å². The molecule has 2 rings (SSSR count). The second-order valence-corrected chi connectivity index (χ2v) is 5.59. The summed E-state index contributed by atoms with van der Waals surface area (Å²) in [7, 11) is 0. The van der Waals surface area contributed by atoms with Gasteiger partial charge in [0.15, 0.2) is 0 Å². The Hall–Kier alpha value is -3.35. The van der Waals surface area contributed by atoms with Crippen molar-refractivity contribution in [2.45, 2.75) is 26.8 Å². The van der Waals surface area contributed by atoms with Crippen LogP contribution in [-0.2, 0) is 16.1 Å². The van der Waals surface area contributed by atoms with Crippen LogP contribution >= 0.6 is 0 Å². The predicted octanol–water partition coefficient (Wildman–Crippen LogP) is 3.50. The molecule has 0 atom stereocenters. The number of anilines is 1. The fourth-order valence-corrected chi connectivity index (χ4v) is 2.21. The Morgan fingerprint density at radius 3 is 2.41 bits per heavy atom. The van der Waals surface area contributed by atoms with Gasteiger partial charge in [-0.15, -0.1) is 0 Å². The van der Waals surface area contributed by atoms with Crippen LogP contribution in [0, 0.1) is 0 Å². The molecule has 0 unspecified atom stereocenters. The van der Waals surface area contributed by atoms with Gasteiger partial charge in [0.25, 0.3) is 5.91 Å². The molecule has 7 heteroatoms. The van der Waals surface area contributed by atoms with Gasteiger partial charge in [-0.2, -0.15) is 0 Å². The molecule has 0 saturated carbocycles. The van der Waals surface area contributed by atoms with Crippen LogP contribution < -0.4 is 15.4 Å². The third-order valence-electron chi connectivity index (χ3n) is 3.56. The number of ether oxygens (including phenoxy) is 2. The molecule has 2 aromatic carbocycles. The van der Waals surface area contributed by atoms with Crippen molar-refractivity contribution in [1.82, 2.24) is 5.32 Å². The zero-order valence-electron chi connectivity index (χ0n) is 15.3. The second kappa shape index (κ2) is 9.96. The Kier molecular flexibility index (Phi) is 7.37. The van der Waals surface area contributed by atoms with Gasteiger partial charge in [-0.3, -0.25) is 9.59 Å². The molecule has 2 amide bonds. The van der Waals surface area contributed by atoms with Gasteiger partial charge in [0.1, 0.15) is 5.75 Å². The van der Waals surface area contributed by atoms with E-state index in [4.69, 9.17) is 4.74 Å². The first-order valence-corrected chi connectivity index (χ1v) is 8.63. The largest absolute Gasteiger partial charge is 0.513 e. The topological polar surface area (TPSA) is 93.7 Å². The Labute approximate surface area is 157 Å². The van der Waals surface area contributed by atoms with Crippen LogP contribution in [0.2, 0.25) is 0 Å². The van der Waals surface area contributed by atoms with Crippen LogP contribution in [-0.4, -0.2) is 24.6 Å². The fraction of sp³-hybridized carbons (Fsp3) is 0.250. The van der Waals surface area contributed by atoms with E-state index in [2.05, 4.69) is 15.4 Å². The van der Waals surface area contributed by atoms with Gasteiger partial charge in [-0.05, 0) is 48.9 Å². The lowest BCUT2D eigenvalue weighted by Gasteiger charge is -2.09. The molecule has 2 N–H and O–H groups in total. The molecule has 142 valence electrons. The molecular weight excluding hydrogens is 348 g/mol. The number of nitrogens with one attached hydrogen (secondary N) is 2. The first-order chi connectivity index (χ1) is 13.0. The van der Waals surface area contributed by atoms with Crippen molar-refractivity contribution >= 4 is 23.7 Å². The molecule has 0 radical (unpaired) electrons. The lowest BCUT2D eigenvalue weighted by molar-refractivity contribution is -0.115. The van der Waals surface area contributed by atoms with Crippen LogP contribution in [0.1, 0.15) is 36.2 Å². The van der Waals surface area contributed by atoms with E-state index in [0.717, 1.165) is 5.56 Å². The van der Waals surface area contributed by atoms with Crippen molar-refractivity contribution < 1.29 is 23.9 Å². The molecule has 0 aliphatic carbocycles. The predicted molar refractivity (Wildman–Crippen MR) is 101 cm³/mol. The molecule has 0 saturated heterocycles. The number of carbonyl (C=O) groups is 3. The monoisotopic (exact) mass is 370 g/mol.